The summed E-state index contributed by atoms with van der Waals surface area (Å²) < 4.78 is 2.26. The summed E-state index contributed by atoms with van der Waals surface area (Å²) >= 11 is 7.94. The van der Waals surface area contributed by atoms with Crippen LogP contribution in [0.5, 0.6) is 0 Å². The molecule has 4 heterocycles. The number of carbonyl (C=O) groups is 2. The molecule has 0 aromatic heterocycles. The van der Waals surface area contributed by atoms with Crippen molar-refractivity contribution in [3.63, 3.8) is 0 Å². The summed E-state index contributed by atoms with van der Waals surface area (Å²) in [5, 5.41) is 0. The molecule has 7 atom stereocenters. The number of hydrogen-bond acceptors (Lipinski definition) is 2. The van der Waals surface area contributed by atoms with Crippen LogP contribution in [0.4, 0.5) is 0 Å². The van der Waals surface area contributed by atoms with Crippen LogP contribution < -0.4 is 0 Å². The van der Waals surface area contributed by atoms with Crippen molar-refractivity contribution in [1.82, 2.24) is 9.80 Å². The summed E-state index contributed by atoms with van der Waals surface area (Å²) in [4.78, 5) is 34.7. The van der Waals surface area contributed by atoms with Gasteiger partial charge in [-0.2, -0.15) is 0 Å². The van der Waals surface area contributed by atoms with Gasteiger partial charge in [-0.15, -0.1) is 0 Å². The number of hydrogen-bond donors (Lipinski definition) is 0. The molecule has 1 fully saturated rings. The van der Waals surface area contributed by atoms with Gasteiger partial charge in [-0.1, -0.05) is 189 Å². The maximum absolute atomic E-state index is 15.5. The average Bonchev–Trinajstić information content (AvgIpc) is 3.58. The van der Waals surface area contributed by atoms with E-state index in [0.717, 1.165) is 81.1 Å². The molecule has 4 aliphatic heterocycles. The van der Waals surface area contributed by atoms with Gasteiger partial charge >= 0.3 is 0 Å². The van der Waals surface area contributed by atoms with Crippen LogP contribution in [0.2, 0.25) is 0 Å². The molecule has 0 spiro atoms. The first-order valence-corrected chi connectivity index (χ1v) is 31.0. The fourth-order valence-electron chi connectivity index (χ4n) is 15.9. The number of halogens is 2. The van der Waals surface area contributed by atoms with Gasteiger partial charge in [-0.3, -0.25) is 19.4 Å². The Morgan fingerprint density at radius 2 is 0.946 bits per heavy atom. The topological polar surface area (TPSA) is 40.6 Å². The van der Waals surface area contributed by atoms with Crippen LogP contribution >= 0.6 is 31.9 Å². The standard InChI is InChI=1S/C68H80Br2N2O2/c1-9-16-20-42(13-5)38-67(39-43(14-6)21-17-10-2)56-34-47(69)24-26-50(56)54-32-45-28-30-71-63(52(45)36-57(54)67)60-61(66(71)74)64-53-37-59-55(33-46(53)29-31-72(64)65(60)73)51-27-25-48(70)35-58(51)68(59,40-44(15-7)22-18-11-3)62-41(8)49(62)23-19-12-4/h24-37,41-44,49,62H,9-23,38-40H2,1-8H3. The zero-order valence-electron chi connectivity index (χ0n) is 45.7. The zero-order chi connectivity index (χ0) is 51.8. The van der Waals surface area contributed by atoms with E-state index in [9.17, 15) is 0 Å². The molecule has 4 nitrogen and oxygen atoms in total. The first-order chi connectivity index (χ1) is 35.9. The van der Waals surface area contributed by atoms with E-state index in [4.69, 9.17) is 0 Å². The lowest BCUT2D eigenvalue weighted by molar-refractivity contribution is -0.122. The van der Waals surface area contributed by atoms with E-state index in [2.05, 4.69) is 160 Å². The molecule has 388 valence electrons. The van der Waals surface area contributed by atoms with Gasteiger partial charge < -0.3 is 0 Å². The number of amides is 2. The Hall–Kier alpha value is -4.26. The van der Waals surface area contributed by atoms with E-state index < -0.39 is 0 Å². The minimum atomic E-state index is -0.200. The van der Waals surface area contributed by atoms with Gasteiger partial charge in [-0.05, 0) is 178 Å². The van der Waals surface area contributed by atoms with Gasteiger partial charge in [0.2, 0.25) is 0 Å². The Kier molecular flexibility index (Phi) is 14.4. The molecule has 7 unspecified atom stereocenters. The first-order valence-electron chi connectivity index (χ1n) is 29.4. The molecule has 0 N–H and O–H groups in total. The Morgan fingerprint density at radius 1 is 0.514 bits per heavy atom. The van der Waals surface area contributed by atoms with E-state index in [-0.39, 0.29) is 22.6 Å². The Morgan fingerprint density at radius 3 is 1.45 bits per heavy atom. The van der Waals surface area contributed by atoms with Crippen LogP contribution in [0.3, 0.4) is 0 Å². The third kappa shape index (κ3) is 8.12. The third-order valence-electron chi connectivity index (χ3n) is 19.8. The molecule has 3 aliphatic carbocycles. The number of fused-ring (bicyclic) bond motifs is 13. The average molecular weight is 1120 g/mol. The fourth-order valence-corrected chi connectivity index (χ4v) is 16.6. The summed E-state index contributed by atoms with van der Waals surface area (Å²) in [6, 6.07) is 23.8. The van der Waals surface area contributed by atoms with E-state index in [1.165, 1.54) is 122 Å². The summed E-state index contributed by atoms with van der Waals surface area (Å²) in [6.45, 7) is 19.0. The number of nitrogens with zero attached hydrogens (tertiary/aromatic N) is 2. The largest absolute Gasteiger partial charge is 0.282 e. The molecule has 0 bridgehead atoms. The van der Waals surface area contributed by atoms with Gasteiger partial charge in [-0.25, -0.2) is 0 Å². The zero-order valence-corrected chi connectivity index (χ0v) is 48.9. The maximum Gasteiger partial charge on any atom is 0.265 e. The number of unbranched alkanes of at least 4 members (excludes halogenated alkanes) is 4. The molecule has 7 aliphatic rings. The van der Waals surface area contributed by atoms with Crippen LogP contribution in [0.25, 0.3) is 45.8 Å². The van der Waals surface area contributed by atoms with Crippen molar-refractivity contribution < 1.29 is 9.59 Å². The van der Waals surface area contributed by atoms with Crippen LogP contribution in [0.15, 0.2) is 93.2 Å². The lowest BCUT2D eigenvalue weighted by Gasteiger charge is -2.39. The van der Waals surface area contributed by atoms with E-state index in [1.54, 1.807) is 0 Å². The number of benzene rings is 4. The molecule has 74 heavy (non-hydrogen) atoms. The monoisotopic (exact) mass is 1110 g/mol. The highest BCUT2D eigenvalue weighted by Crippen LogP contribution is 2.69. The van der Waals surface area contributed by atoms with Crippen molar-refractivity contribution in [3.05, 3.63) is 138 Å². The molecule has 6 heteroatoms. The Balaban J connectivity index is 1.11. The van der Waals surface area contributed by atoms with Crippen molar-refractivity contribution in [3.8, 4) is 22.3 Å². The second-order valence-corrected chi connectivity index (χ2v) is 25.7. The quantitative estimate of drug-likeness (QED) is 0.0787. The maximum atomic E-state index is 15.5. The molecular weight excluding hydrogens is 1040 g/mol. The summed E-state index contributed by atoms with van der Waals surface area (Å²) in [5.41, 5.74) is 17.5. The van der Waals surface area contributed by atoms with Gasteiger partial charge in [0.1, 0.15) is 0 Å². The van der Waals surface area contributed by atoms with Crippen molar-refractivity contribution in [2.24, 2.45) is 35.5 Å². The van der Waals surface area contributed by atoms with Crippen molar-refractivity contribution in [2.75, 3.05) is 0 Å². The first kappa shape index (κ1) is 51.8. The highest BCUT2D eigenvalue weighted by molar-refractivity contribution is 9.10. The van der Waals surface area contributed by atoms with Crippen LogP contribution in [0, 0.1) is 35.5 Å². The third-order valence-corrected chi connectivity index (χ3v) is 20.8. The number of rotatable bonds is 22. The smallest absolute Gasteiger partial charge is 0.265 e. The minimum Gasteiger partial charge on any atom is -0.282 e. The normalized spacial score (nSPS) is 24.4. The highest BCUT2D eigenvalue weighted by atomic mass is 79.9. The van der Waals surface area contributed by atoms with E-state index in [1.807, 2.05) is 22.2 Å². The molecule has 4 aromatic carbocycles. The SMILES string of the molecule is CCCCC(CC)CC1(CC(CC)CCCC)c2cc(Br)ccc2-c2cc3c(cc21)C1=C2C(=O)N4C=Cc5cc6c(cc5C4=C2C(=O)N1C=C3)C(CC(CC)CCCC)(C1C(C)C1CCCC)c1cc(Br)ccc1-6. The van der Waals surface area contributed by atoms with E-state index >= 15 is 9.59 Å². The van der Waals surface area contributed by atoms with Crippen LogP contribution in [0.1, 0.15) is 215 Å². The fraction of sp³-hybridized carbons (Fsp3) is 0.500. The summed E-state index contributed by atoms with van der Waals surface area (Å²) in [5.74, 6) is 3.36. The van der Waals surface area contributed by atoms with Gasteiger partial charge in [0, 0.05) is 43.3 Å². The Bertz CT molecular complexity index is 3020. The van der Waals surface area contributed by atoms with Gasteiger partial charge in [0.15, 0.2) is 0 Å². The van der Waals surface area contributed by atoms with Crippen molar-refractivity contribution >= 4 is 67.2 Å². The summed E-state index contributed by atoms with van der Waals surface area (Å²) in [7, 11) is 0. The lowest BCUT2D eigenvalue weighted by atomic mass is 9.65. The van der Waals surface area contributed by atoms with Crippen LogP contribution in [-0.4, -0.2) is 21.6 Å². The minimum absolute atomic E-state index is 0.0979. The predicted octanol–water partition coefficient (Wildman–Crippen LogP) is 19.4. The summed E-state index contributed by atoms with van der Waals surface area (Å²) in [6.07, 6.45) is 29.7. The predicted molar refractivity (Wildman–Crippen MR) is 316 cm³/mol. The molecule has 0 radical (unpaired) electrons. The second-order valence-electron chi connectivity index (χ2n) is 23.9. The lowest BCUT2D eigenvalue weighted by Crippen LogP contribution is -2.33. The molecular formula is C68H80Br2N2O2. The van der Waals surface area contributed by atoms with Gasteiger partial charge in [0.05, 0.1) is 22.5 Å². The Labute approximate surface area is 460 Å². The molecule has 2 amide bonds. The van der Waals surface area contributed by atoms with Crippen molar-refractivity contribution in [1.29, 1.82) is 0 Å². The molecule has 1 saturated carbocycles. The second kappa shape index (κ2) is 20.6. The number of carbonyl (C=O) groups excluding carboxylic acids is 2. The van der Waals surface area contributed by atoms with Crippen LogP contribution in [-0.2, 0) is 20.4 Å². The van der Waals surface area contributed by atoms with Gasteiger partial charge in [0.25, 0.3) is 11.8 Å². The van der Waals surface area contributed by atoms with E-state index in [0.29, 0.717) is 46.7 Å². The highest BCUT2D eigenvalue weighted by Gasteiger charge is 2.63. The molecule has 4 aromatic rings. The molecule has 0 saturated heterocycles. The molecule has 11 rings (SSSR count). The van der Waals surface area contributed by atoms with Crippen molar-refractivity contribution in [2.45, 2.75) is 182 Å².